The number of alkyl carbamates (subject to hydrolysis) is 4. The van der Waals surface area contributed by atoms with E-state index in [4.69, 9.17) is 37.9 Å². The van der Waals surface area contributed by atoms with E-state index in [1.54, 1.807) is 0 Å². The van der Waals surface area contributed by atoms with Gasteiger partial charge in [0.15, 0.2) is 0 Å². The molecule has 352 valence electrons. The van der Waals surface area contributed by atoms with Gasteiger partial charge in [0.05, 0.1) is 58.3 Å². The molecule has 4 N–H and O–H groups in total. The largest absolute Gasteiger partial charge is 0.447 e. The molecule has 20 heteroatoms. The first kappa shape index (κ1) is 50.4. The van der Waals surface area contributed by atoms with Crippen LogP contribution in [0, 0.1) is 5.41 Å². The van der Waals surface area contributed by atoms with E-state index in [1.165, 1.54) is 0 Å². The van der Waals surface area contributed by atoms with Crippen molar-refractivity contribution in [1.82, 2.24) is 40.9 Å². The summed E-state index contributed by atoms with van der Waals surface area (Å²) in [4.78, 5) is 58.4. The molecule has 4 unspecified atom stereocenters. The lowest BCUT2D eigenvalue weighted by atomic mass is 9.92. The maximum atomic E-state index is 12.3. The van der Waals surface area contributed by atoms with Crippen molar-refractivity contribution < 1.29 is 57.1 Å². The lowest BCUT2D eigenvalue weighted by molar-refractivity contribution is -0.116. The second kappa shape index (κ2) is 28.4. The topological polar surface area (TPSA) is 202 Å². The zero-order valence-corrected chi connectivity index (χ0v) is 37.3. The molecule has 4 fully saturated rings. The van der Waals surface area contributed by atoms with E-state index in [0.29, 0.717) is 50.3 Å². The van der Waals surface area contributed by atoms with E-state index in [2.05, 4.69) is 68.6 Å². The van der Waals surface area contributed by atoms with Crippen LogP contribution in [0.4, 0.5) is 19.2 Å². The van der Waals surface area contributed by atoms with Gasteiger partial charge in [-0.1, -0.05) is 0 Å². The molecule has 61 heavy (non-hydrogen) atoms. The fourth-order valence-electron chi connectivity index (χ4n) is 6.64. The Kier molecular flexibility index (Phi) is 23.5. The van der Waals surface area contributed by atoms with Crippen LogP contribution < -0.4 is 21.3 Å². The molecular formula is C41H76N8O12. The fraction of sp³-hybridized carbons (Fsp3) is 0.902. The Morgan fingerprint density at radius 2 is 0.607 bits per heavy atom. The molecule has 0 spiro atoms. The highest BCUT2D eigenvalue weighted by molar-refractivity contribution is 5.68. The Balaban J connectivity index is 1.22. The van der Waals surface area contributed by atoms with Crippen LogP contribution in [0.15, 0.2) is 0 Å². The van der Waals surface area contributed by atoms with Crippen LogP contribution in [-0.4, -0.2) is 226 Å². The lowest BCUT2D eigenvalue weighted by Crippen LogP contribution is -2.43. The summed E-state index contributed by atoms with van der Waals surface area (Å²) in [6, 6.07) is 1.65. The molecule has 4 heterocycles. The number of ether oxygens (including phenoxy) is 8. The highest BCUT2D eigenvalue weighted by Gasteiger charge is 2.33. The molecule has 0 aromatic rings. The molecule has 4 amide bonds. The highest BCUT2D eigenvalue weighted by Crippen LogP contribution is 2.21. The number of rotatable bonds is 36. The average Bonchev–Trinajstić information content (AvgIpc) is 4.05. The van der Waals surface area contributed by atoms with Gasteiger partial charge in [-0.05, 0) is 53.4 Å². The summed E-state index contributed by atoms with van der Waals surface area (Å²) in [5.74, 6) is 0. The van der Waals surface area contributed by atoms with Crippen LogP contribution in [0.25, 0.3) is 0 Å². The van der Waals surface area contributed by atoms with Gasteiger partial charge in [0.2, 0.25) is 0 Å². The van der Waals surface area contributed by atoms with Gasteiger partial charge < -0.3 is 59.2 Å². The molecule has 0 aromatic carbocycles. The Morgan fingerprint density at radius 1 is 0.393 bits per heavy atom. The summed E-state index contributed by atoms with van der Waals surface area (Å²) in [5, 5.41) is 11.1. The molecule has 4 saturated heterocycles. The fourth-order valence-corrected chi connectivity index (χ4v) is 6.64. The molecule has 0 radical (unpaired) electrons. The maximum absolute atomic E-state index is 12.3. The number of nitrogens with zero attached hydrogens (tertiary/aromatic N) is 4. The summed E-state index contributed by atoms with van der Waals surface area (Å²) < 4.78 is 45.4. The first-order chi connectivity index (χ1) is 29.5. The first-order valence-electron chi connectivity index (χ1n) is 22.4. The lowest BCUT2D eigenvalue weighted by Gasteiger charge is -2.33. The van der Waals surface area contributed by atoms with Gasteiger partial charge in [0.1, 0.15) is 26.4 Å². The highest BCUT2D eigenvalue weighted by atomic mass is 16.6. The van der Waals surface area contributed by atoms with Crippen LogP contribution in [0.1, 0.15) is 53.4 Å². The van der Waals surface area contributed by atoms with Crippen LogP contribution in [0.5, 0.6) is 0 Å². The van der Waals surface area contributed by atoms with Crippen molar-refractivity contribution in [3.8, 4) is 0 Å². The van der Waals surface area contributed by atoms with E-state index >= 15 is 0 Å². The number of hydrogen-bond donors (Lipinski definition) is 4. The second-order valence-electron chi connectivity index (χ2n) is 16.7. The molecule has 20 nitrogen and oxygen atoms in total. The maximum Gasteiger partial charge on any atom is 0.407 e. The number of amides is 4. The Morgan fingerprint density at radius 3 is 0.803 bits per heavy atom. The van der Waals surface area contributed by atoms with Crippen molar-refractivity contribution in [3.63, 3.8) is 0 Å². The standard InChI is InChI=1S/C41H76N8O12/c1-33(46-13-14-46)5-9-42-37(50)58-25-21-54-29-41(30-55-22-26-59-38(51)43-10-6-34(2)47-15-16-47,31-56-23-27-60-39(52)44-11-7-35(3)48-17-18-48)32-57-24-28-61-40(53)45-12-8-36(4)49-19-20-49/h33-36H,5-32H2,1-4H3,(H,42,50)(H,43,51)(H,44,52)(H,45,53). The predicted molar refractivity (Wildman–Crippen MR) is 226 cm³/mol. The number of nitrogens with one attached hydrogen (secondary N) is 4. The minimum absolute atomic E-state index is 0.0193. The minimum Gasteiger partial charge on any atom is -0.447 e. The summed E-state index contributed by atoms with van der Waals surface area (Å²) in [6.07, 6.45) is 1.29. The van der Waals surface area contributed by atoms with Gasteiger partial charge in [-0.2, -0.15) is 0 Å². The Labute approximate surface area is 362 Å². The van der Waals surface area contributed by atoms with Crippen LogP contribution >= 0.6 is 0 Å². The monoisotopic (exact) mass is 873 g/mol. The summed E-state index contributed by atoms with van der Waals surface area (Å²) in [7, 11) is 0. The minimum atomic E-state index is -0.903. The normalized spacial score (nSPS) is 19.1. The van der Waals surface area contributed by atoms with Crippen molar-refractivity contribution in [2.45, 2.75) is 77.5 Å². The Hall–Kier alpha value is -3.24. The third-order valence-corrected chi connectivity index (χ3v) is 11.2. The zero-order valence-electron chi connectivity index (χ0n) is 37.3. The third-order valence-electron chi connectivity index (χ3n) is 11.2. The summed E-state index contributed by atoms with van der Waals surface area (Å²) in [6.45, 7) is 20.2. The van der Waals surface area contributed by atoms with Crippen molar-refractivity contribution in [3.05, 3.63) is 0 Å². The van der Waals surface area contributed by atoms with Crippen LogP contribution in [-0.2, 0) is 37.9 Å². The van der Waals surface area contributed by atoms with Gasteiger partial charge >= 0.3 is 24.4 Å². The van der Waals surface area contributed by atoms with Crippen molar-refractivity contribution in [1.29, 1.82) is 0 Å². The molecule has 0 saturated carbocycles. The molecule has 0 bridgehead atoms. The van der Waals surface area contributed by atoms with Gasteiger partial charge in [0.25, 0.3) is 0 Å². The van der Waals surface area contributed by atoms with E-state index in [1.807, 2.05) is 0 Å². The molecular weight excluding hydrogens is 796 g/mol. The predicted octanol–water partition coefficient (Wildman–Crippen LogP) is 1.32. The molecule has 0 aromatic heterocycles. The van der Waals surface area contributed by atoms with Gasteiger partial charge in [0, 0.05) is 103 Å². The number of carbonyl (C=O) groups is 4. The molecule has 4 rings (SSSR count). The number of carbonyl (C=O) groups excluding carboxylic acids is 4. The molecule has 4 aliphatic rings. The van der Waals surface area contributed by atoms with Crippen molar-refractivity contribution in [2.75, 3.05) is 158 Å². The smallest absolute Gasteiger partial charge is 0.407 e. The SMILES string of the molecule is CC(CCNC(=O)OCCOCC(COCCOC(=O)NCCC(C)N1CC1)(COCCOC(=O)NCCC(C)N1CC1)COCCOC(=O)NCCC(C)N1CC1)N1CC1. The first-order valence-corrected chi connectivity index (χ1v) is 22.4. The van der Waals surface area contributed by atoms with Crippen LogP contribution in [0.2, 0.25) is 0 Å². The molecule has 4 atom stereocenters. The van der Waals surface area contributed by atoms with E-state index in [-0.39, 0.29) is 79.3 Å². The van der Waals surface area contributed by atoms with E-state index < -0.39 is 29.8 Å². The van der Waals surface area contributed by atoms with E-state index in [0.717, 1.165) is 78.0 Å². The second-order valence-corrected chi connectivity index (χ2v) is 16.7. The number of hydrogen-bond acceptors (Lipinski definition) is 16. The van der Waals surface area contributed by atoms with Gasteiger partial charge in [-0.3, -0.25) is 19.6 Å². The zero-order chi connectivity index (χ0) is 43.7. The van der Waals surface area contributed by atoms with Gasteiger partial charge in [-0.25, -0.2) is 19.2 Å². The van der Waals surface area contributed by atoms with Crippen molar-refractivity contribution >= 4 is 24.4 Å². The quantitative estimate of drug-likeness (QED) is 0.0399. The third kappa shape index (κ3) is 23.7. The van der Waals surface area contributed by atoms with Crippen molar-refractivity contribution in [2.24, 2.45) is 5.41 Å². The molecule has 0 aliphatic carbocycles. The molecule has 4 aliphatic heterocycles. The average molecular weight is 873 g/mol. The summed E-state index contributed by atoms with van der Waals surface area (Å²) in [5.41, 5.74) is -0.903. The van der Waals surface area contributed by atoms with E-state index in [9.17, 15) is 19.2 Å². The Bertz CT molecular complexity index is 1080. The van der Waals surface area contributed by atoms with Crippen LogP contribution in [0.3, 0.4) is 0 Å². The summed E-state index contributed by atoms with van der Waals surface area (Å²) >= 11 is 0. The van der Waals surface area contributed by atoms with Gasteiger partial charge in [-0.15, -0.1) is 0 Å².